The van der Waals surface area contributed by atoms with Crippen LogP contribution in [-0.2, 0) is 20.7 Å². The van der Waals surface area contributed by atoms with E-state index in [4.69, 9.17) is 14.2 Å². The fourth-order valence-electron chi connectivity index (χ4n) is 2.98. The zero-order valence-electron chi connectivity index (χ0n) is 18.6. The van der Waals surface area contributed by atoms with Crippen molar-refractivity contribution < 1.29 is 23.8 Å². The molecule has 0 aromatic heterocycles. The fraction of sp³-hybridized carbons (Fsp3) is 0.360. The molecule has 0 heterocycles. The lowest BCUT2D eigenvalue weighted by Gasteiger charge is -2.18. The highest BCUT2D eigenvalue weighted by atomic mass is 16.6. The Balaban J connectivity index is 1.77. The molecule has 2 rings (SSSR count). The monoisotopic (exact) mass is 425 g/mol. The molecule has 1 amide bonds. The van der Waals surface area contributed by atoms with Crippen LogP contribution in [-0.4, -0.2) is 37.7 Å². The first-order valence-electron chi connectivity index (χ1n) is 10.4. The molecule has 166 valence electrons. The number of aryl methyl sites for hydroxylation is 1. The summed E-state index contributed by atoms with van der Waals surface area (Å²) in [6.45, 7) is 5.08. The Bertz CT molecular complexity index is 879. The first kappa shape index (κ1) is 24.0. The van der Waals surface area contributed by atoms with Crippen molar-refractivity contribution in [3.05, 3.63) is 65.7 Å². The van der Waals surface area contributed by atoms with Crippen molar-refractivity contribution >= 4 is 18.0 Å². The van der Waals surface area contributed by atoms with Gasteiger partial charge in [0.1, 0.15) is 0 Å². The van der Waals surface area contributed by atoms with Crippen LogP contribution in [0.2, 0.25) is 0 Å². The van der Waals surface area contributed by atoms with E-state index in [1.165, 1.54) is 12.7 Å². The van der Waals surface area contributed by atoms with E-state index in [1.807, 2.05) is 56.3 Å². The van der Waals surface area contributed by atoms with Crippen molar-refractivity contribution in [2.24, 2.45) is 0 Å². The number of amides is 1. The number of nitrogens with one attached hydrogen (secondary N) is 1. The van der Waals surface area contributed by atoms with E-state index in [2.05, 4.69) is 17.4 Å². The molecule has 0 aliphatic heterocycles. The average Bonchev–Trinajstić information content (AvgIpc) is 2.77. The van der Waals surface area contributed by atoms with Gasteiger partial charge in [-0.1, -0.05) is 48.6 Å². The van der Waals surface area contributed by atoms with Gasteiger partial charge >= 0.3 is 5.97 Å². The molecule has 0 saturated carbocycles. The Morgan fingerprint density at radius 2 is 1.81 bits per heavy atom. The minimum Gasteiger partial charge on any atom is -0.493 e. The minimum absolute atomic E-state index is 0.0370. The summed E-state index contributed by atoms with van der Waals surface area (Å²) in [6.07, 6.45) is 4.60. The standard InChI is InChI=1S/C25H31NO5/c1-5-9-21-14-15-22(23(16-21)29-4)30-17-24(27)31-19(3)25(28)26-18(2)12-13-20-10-7-6-8-11-20/h5-11,14-16,18-19H,12-13,17H2,1-4H3,(H,26,28)/b9-5+/t18-,19+/m1/s1. The largest absolute Gasteiger partial charge is 0.493 e. The minimum atomic E-state index is -0.908. The third kappa shape index (κ3) is 8.16. The Morgan fingerprint density at radius 1 is 1.06 bits per heavy atom. The SMILES string of the molecule is C/C=C/c1ccc(OCC(=O)O[C@@H](C)C(=O)N[C@H](C)CCc2ccccc2)c(OC)c1. The van der Waals surface area contributed by atoms with Gasteiger partial charge in [-0.15, -0.1) is 0 Å². The van der Waals surface area contributed by atoms with Crippen LogP contribution in [0.1, 0.15) is 38.3 Å². The number of rotatable bonds is 11. The number of carbonyl (C=O) groups is 2. The zero-order valence-corrected chi connectivity index (χ0v) is 18.6. The van der Waals surface area contributed by atoms with Gasteiger partial charge in [0.25, 0.3) is 5.91 Å². The summed E-state index contributed by atoms with van der Waals surface area (Å²) < 4.78 is 16.0. The molecule has 2 aromatic carbocycles. The summed E-state index contributed by atoms with van der Waals surface area (Å²) in [6, 6.07) is 15.4. The number of hydrogen-bond donors (Lipinski definition) is 1. The number of ether oxygens (including phenoxy) is 3. The quantitative estimate of drug-likeness (QED) is 0.547. The van der Waals surface area contributed by atoms with Crippen LogP contribution in [0.3, 0.4) is 0 Å². The van der Waals surface area contributed by atoms with Gasteiger partial charge in [0.2, 0.25) is 0 Å². The molecule has 0 aliphatic rings. The van der Waals surface area contributed by atoms with Crippen molar-refractivity contribution in [3.63, 3.8) is 0 Å². The molecule has 0 saturated heterocycles. The second-order valence-corrected chi connectivity index (χ2v) is 7.26. The second kappa shape index (κ2) is 12.4. The predicted octanol–water partition coefficient (Wildman–Crippen LogP) is 4.18. The Morgan fingerprint density at radius 3 is 2.48 bits per heavy atom. The van der Waals surface area contributed by atoms with Crippen LogP contribution in [0.4, 0.5) is 0 Å². The van der Waals surface area contributed by atoms with E-state index in [0.717, 1.165) is 18.4 Å². The molecular formula is C25H31NO5. The molecule has 2 aromatic rings. The van der Waals surface area contributed by atoms with E-state index in [-0.39, 0.29) is 18.6 Å². The molecule has 0 fully saturated rings. The van der Waals surface area contributed by atoms with Gasteiger partial charge in [-0.25, -0.2) is 4.79 Å². The maximum absolute atomic E-state index is 12.3. The predicted molar refractivity (Wildman–Crippen MR) is 121 cm³/mol. The lowest BCUT2D eigenvalue weighted by atomic mass is 10.1. The van der Waals surface area contributed by atoms with Gasteiger partial charge in [0, 0.05) is 6.04 Å². The van der Waals surface area contributed by atoms with Gasteiger partial charge in [0.05, 0.1) is 7.11 Å². The Kier molecular flexibility index (Phi) is 9.62. The number of benzene rings is 2. The van der Waals surface area contributed by atoms with Crippen molar-refractivity contribution in [2.75, 3.05) is 13.7 Å². The summed E-state index contributed by atoms with van der Waals surface area (Å²) in [5.74, 6) is -0.0119. The molecule has 0 bridgehead atoms. The number of carbonyl (C=O) groups excluding carboxylic acids is 2. The summed E-state index contributed by atoms with van der Waals surface area (Å²) >= 11 is 0. The topological polar surface area (TPSA) is 73.9 Å². The molecule has 31 heavy (non-hydrogen) atoms. The molecule has 0 unspecified atom stereocenters. The van der Waals surface area contributed by atoms with E-state index in [1.54, 1.807) is 13.0 Å². The number of esters is 1. The summed E-state index contributed by atoms with van der Waals surface area (Å²) in [5.41, 5.74) is 2.18. The van der Waals surface area contributed by atoms with Gasteiger partial charge in [-0.3, -0.25) is 4.79 Å². The highest BCUT2D eigenvalue weighted by Crippen LogP contribution is 2.28. The Hall–Kier alpha value is -3.28. The van der Waals surface area contributed by atoms with Crippen molar-refractivity contribution in [2.45, 2.75) is 45.8 Å². The van der Waals surface area contributed by atoms with Crippen LogP contribution in [0.5, 0.6) is 11.5 Å². The molecule has 2 atom stereocenters. The zero-order chi connectivity index (χ0) is 22.6. The number of allylic oxidation sites excluding steroid dienone is 1. The van der Waals surface area contributed by atoms with Gasteiger partial charge in [-0.05, 0) is 56.9 Å². The molecular weight excluding hydrogens is 394 g/mol. The van der Waals surface area contributed by atoms with Gasteiger partial charge < -0.3 is 19.5 Å². The molecule has 6 nitrogen and oxygen atoms in total. The molecule has 1 N–H and O–H groups in total. The van der Waals surface area contributed by atoms with Crippen LogP contribution < -0.4 is 14.8 Å². The maximum Gasteiger partial charge on any atom is 0.344 e. The maximum atomic E-state index is 12.3. The smallest absolute Gasteiger partial charge is 0.344 e. The Labute approximate surface area is 184 Å². The summed E-state index contributed by atoms with van der Waals surface area (Å²) in [4.78, 5) is 24.4. The summed E-state index contributed by atoms with van der Waals surface area (Å²) in [5, 5.41) is 2.88. The van der Waals surface area contributed by atoms with Crippen LogP contribution >= 0.6 is 0 Å². The second-order valence-electron chi connectivity index (χ2n) is 7.26. The van der Waals surface area contributed by atoms with Crippen molar-refractivity contribution in [3.8, 4) is 11.5 Å². The molecule has 6 heteroatoms. The third-order valence-electron chi connectivity index (χ3n) is 4.67. The lowest BCUT2D eigenvalue weighted by molar-refractivity contribution is -0.156. The van der Waals surface area contributed by atoms with Crippen LogP contribution in [0.15, 0.2) is 54.6 Å². The molecule has 0 radical (unpaired) electrons. The van der Waals surface area contributed by atoms with Crippen LogP contribution in [0, 0.1) is 0 Å². The van der Waals surface area contributed by atoms with Crippen molar-refractivity contribution in [1.29, 1.82) is 0 Å². The lowest BCUT2D eigenvalue weighted by Crippen LogP contribution is -2.41. The third-order valence-corrected chi connectivity index (χ3v) is 4.67. The average molecular weight is 426 g/mol. The first-order valence-corrected chi connectivity index (χ1v) is 10.4. The first-order chi connectivity index (χ1) is 14.9. The van der Waals surface area contributed by atoms with E-state index in [0.29, 0.717) is 11.5 Å². The summed E-state index contributed by atoms with van der Waals surface area (Å²) in [7, 11) is 1.53. The van der Waals surface area contributed by atoms with E-state index < -0.39 is 12.1 Å². The highest BCUT2D eigenvalue weighted by molar-refractivity contribution is 5.83. The number of hydrogen-bond acceptors (Lipinski definition) is 5. The normalized spacial score (nSPS) is 12.8. The van der Waals surface area contributed by atoms with Crippen molar-refractivity contribution in [1.82, 2.24) is 5.32 Å². The van der Waals surface area contributed by atoms with Crippen LogP contribution in [0.25, 0.3) is 6.08 Å². The molecule has 0 spiro atoms. The van der Waals surface area contributed by atoms with Gasteiger partial charge in [0.15, 0.2) is 24.2 Å². The number of methoxy groups -OCH3 is 1. The fourth-order valence-corrected chi connectivity index (χ4v) is 2.98. The molecule has 0 aliphatic carbocycles. The van der Waals surface area contributed by atoms with E-state index >= 15 is 0 Å². The van der Waals surface area contributed by atoms with E-state index in [9.17, 15) is 9.59 Å². The highest BCUT2D eigenvalue weighted by Gasteiger charge is 2.20. The van der Waals surface area contributed by atoms with Gasteiger partial charge in [-0.2, -0.15) is 0 Å².